The van der Waals surface area contributed by atoms with E-state index in [-0.39, 0.29) is 24.0 Å². The van der Waals surface area contributed by atoms with Crippen LogP contribution in [-0.4, -0.2) is 54.1 Å². The van der Waals surface area contributed by atoms with Crippen LogP contribution in [-0.2, 0) is 6.54 Å². The molecule has 0 bridgehead atoms. The molecular weight excluding hydrogens is 467 g/mol. The lowest BCUT2D eigenvalue weighted by Crippen LogP contribution is -2.51. The van der Waals surface area contributed by atoms with E-state index in [1.54, 1.807) is 25.6 Å². The number of nitrogens with zero attached hydrogens (tertiary/aromatic N) is 5. The van der Waals surface area contributed by atoms with Gasteiger partial charge in [0.1, 0.15) is 5.75 Å². The number of ether oxygens (including phenoxy) is 1. The number of hydrogen-bond acceptors (Lipinski definition) is 5. The third-order valence-electron chi connectivity index (χ3n) is 4.09. The van der Waals surface area contributed by atoms with E-state index >= 15 is 0 Å². The highest BCUT2D eigenvalue weighted by molar-refractivity contribution is 14.0. The highest BCUT2D eigenvalue weighted by Gasteiger charge is 2.19. The van der Waals surface area contributed by atoms with Gasteiger partial charge in [0.15, 0.2) is 5.96 Å². The number of guanidine groups is 1. The Morgan fingerprint density at radius 3 is 2.58 bits per heavy atom. The van der Waals surface area contributed by atoms with Crippen LogP contribution in [0.2, 0.25) is 5.02 Å². The van der Waals surface area contributed by atoms with Crippen LogP contribution in [0.5, 0.6) is 5.75 Å². The molecule has 2 N–H and O–H groups in total. The molecule has 1 aromatic heterocycles. The van der Waals surface area contributed by atoms with Gasteiger partial charge < -0.3 is 20.3 Å². The van der Waals surface area contributed by atoms with Gasteiger partial charge in [-0.25, -0.2) is 15.0 Å². The summed E-state index contributed by atoms with van der Waals surface area (Å²) < 4.78 is 5.34. The molecule has 0 saturated carbocycles. The molecule has 9 heteroatoms. The molecule has 1 aliphatic heterocycles. The highest BCUT2D eigenvalue weighted by Crippen LogP contribution is 2.23. The predicted molar refractivity (Wildman–Crippen MR) is 115 cm³/mol. The van der Waals surface area contributed by atoms with E-state index in [1.165, 1.54) is 0 Å². The summed E-state index contributed by atoms with van der Waals surface area (Å²) in [4.78, 5) is 17.3. The molecule has 0 unspecified atom stereocenters. The van der Waals surface area contributed by atoms with Crippen molar-refractivity contribution >= 4 is 47.5 Å². The maximum atomic E-state index is 6.16. The molecule has 0 spiro atoms. The standard InChI is InChI=1S/C17H21ClN6O.HI/c1-25-15-4-3-14(18)11-13(15)12-22-16(19)23-7-9-24(10-8-23)17-20-5-2-6-21-17;/h2-6,11H,7-10,12H2,1H3,(H2,19,22);1H. The van der Waals surface area contributed by atoms with Gasteiger partial charge in [-0.3, -0.25) is 0 Å². The molecule has 26 heavy (non-hydrogen) atoms. The second-order valence-corrected chi connectivity index (χ2v) is 6.09. The Bertz CT molecular complexity index is 737. The Balaban J connectivity index is 0.00000243. The first-order valence-electron chi connectivity index (χ1n) is 8.06. The van der Waals surface area contributed by atoms with Crippen molar-refractivity contribution in [1.82, 2.24) is 14.9 Å². The molecular formula is C17H22ClIN6O. The van der Waals surface area contributed by atoms with E-state index in [0.717, 1.165) is 43.4 Å². The van der Waals surface area contributed by atoms with E-state index in [1.807, 2.05) is 18.2 Å². The Labute approximate surface area is 175 Å². The molecule has 0 atom stereocenters. The van der Waals surface area contributed by atoms with Gasteiger partial charge in [-0.05, 0) is 24.3 Å². The minimum atomic E-state index is 0. The van der Waals surface area contributed by atoms with Gasteiger partial charge in [0.2, 0.25) is 5.95 Å². The van der Waals surface area contributed by atoms with Crippen molar-refractivity contribution in [2.45, 2.75) is 6.54 Å². The third-order valence-corrected chi connectivity index (χ3v) is 4.33. The minimum Gasteiger partial charge on any atom is -0.496 e. The lowest BCUT2D eigenvalue weighted by molar-refractivity contribution is 0.377. The summed E-state index contributed by atoms with van der Waals surface area (Å²) in [5, 5.41) is 0.654. The van der Waals surface area contributed by atoms with Crippen molar-refractivity contribution in [1.29, 1.82) is 0 Å². The first-order chi connectivity index (χ1) is 12.2. The number of methoxy groups -OCH3 is 1. The number of anilines is 1. The number of benzene rings is 1. The van der Waals surface area contributed by atoms with Crippen molar-refractivity contribution in [3.8, 4) is 5.75 Å². The summed E-state index contributed by atoms with van der Waals surface area (Å²) in [6.07, 6.45) is 3.51. The third kappa shape index (κ3) is 5.10. The topological polar surface area (TPSA) is 79.9 Å². The zero-order valence-corrected chi connectivity index (χ0v) is 17.6. The first kappa shape index (κ1) is 20.5. The summed E-state index contributed by atoms with van der Waals surface area (Å²) in [7, 11) is 1.63. The Hall–Kier alpha value is -1.81. The van der Waals surface area contributed by atoms with E-state index in [9.17, 15) is 0 Å². The lowest BCUT2D eigenvalue weighted by atomic mass is 10.2. The number of rotatable bonds is 4. The van der Waals surface area contributed by atoms with E-state index < -0.39 is 0 Å². The summed E-state index contributed by atoms with van der Waals surface area (Å²) in [5.74, 6) is 2.03. The summed E-state index contributed by atoms with van der Waals surface area (Å²) >= 11 is 6.05. The van der Waals surface area contributed by atoms with Crippen LogP contribution in [0.25, 0.3) is 0 Å². The molecule has 1 aliphatic rings. The number of piperazine rings is 1. The molecule has 0 amide bonds. The van der Waals surface area contributed by atoms with Gasteiger partial charge in [0, 0.05) is 49.2 Å². The average Bonchev–Trinajstić information content (AvgIpc) is 2.67. The van der Waals surface area contributed by atoms with Gasteiger partial charge >= 0.3 is 0 Å². The highest BCUT2D eigenvalue weighted by atomic mass is 127. The van der Waals surface area contributed by atoms with E-state index in [4.69, 9.17) is 22.1 Å². The second kappa shape index (κ2) is 9.77. The normalized spacial score (nSPS) is 14.8. The summed E-state index contributed by atoms with van der Waals surface area (Å²) in [5.41, 5.74) is 7.07. The van der Waals surface area contributed by atoms with Crippen LogP contribution in [0, 0.1) is 0 Å². The fraction of sp³-hybridized carbons (Fsp3) is 0.353. The fourth-order valence-corrected chi connectivity index (χ4v) is 2.92. The molecule has 1 aromatic carbocycles. The SMILES string of the molecule is COc1ccc(Cl)cc1CN=C(N)N1CCN(c2ncccn2)CC1.I. The Morgan fingerprint density at radius 1 is 1.23 bits per heavy atom. The van der Waals surface area contributed by atoms with Crippen molar-refractivity contribution in [2.75, 3.05) is 38.2 Å². The fourth-order valence-electron chi connectivity index (χ4n) is 2.73. The van der Waals surface area contributed by atoms with Crippen molar-refractivity contribution < 1.29 is 4.74 Å². The van der Waals surface area contributed by atoms with Gasteiger partial charge in [-0.2, -0.15) is 0 Å². The molecule has 2 heterocycles. The maximum absolute atomic E-state index is 6.16. The molecule has 3 rings (SSSR count). The number of hydrogen-bond donors (Lipinski definition) is 1. The summed E-state index contributed by atoms with van der Waals surface area (Å²) in [6, 6.07) is 7.29. The molecule has 0 radical (unpaired) electrons. The molecule has 2 aromatic rings. The van der Waals surface area contributed by atoms with Crippen LogP contribution in [0.3, 0.4) is 0 Å². The molecule has 1 fully saturated rings. The van der Waals surface area contributed by atoms with Crippen molar-refractivity contribution in [3.05, 3.63) is 47.2 Å². The Morgan fingerprint density at radius 2 is 1.92 bits per heavy atom. The monoisotopic (exact) mass is 488 g/mol. The van der Waals surface area contributed by atoms with Gasteiger partial charge in [0.25, 0.3) is 0 Å². The quantitative estimate of drug-likeness (QED) is 0.404. The largest absolute Gasteiger partial charge is 0.496 e. The number of nitrogens with two attached hydrogens (primary N) is 1. The van der Waals surface area contributed by atoms with Crippen LogP contribution in [0.4, 0.5) is 5.95 Å². The molecule has 140 valence electrons. The van der Waals surface area contributed by atoms with Gasteiger partial charge in [0.05, 0.1) is 13.7 Å². The number of halogens is 2. The van der Waals surface area contributed by atoms with E-state index in [0.29, 0.717) is 17.5 Å². The van der Waals surface area contributed by atoms with Crippen LogP contribution in [0.1, 0.15) is 5.56 Å². The average molecular weight is 489 g/mol. The maximum Gasteiger partial charge on any atom is 0.225 e. The number of aromatic nitrogens is 2. The zero-order chi connectivity index (χ0) is 17.6. The van der Waals surface area contributed by atoms with Crippen molar-refractivity contribution in [2.24, 2.45) is 10.7 Å². The van der Waals surface area contributed by atoms with Gasteiger partial charge in [-0.15, -0.1) is 24.0 Å². The molecule has 0 aliphatic carbocycles. The van der Waals surface area contributed by atoms with Gasteiger partial charge in [-0.1, -0.05) is 11.6 Å². The lowest BCUT2D eigenvalue weighted by Gasteiger charge is -2.35. The van der Waals surface area contributed by atoms with E-state index in [2.05, 4.69) is 24.8 Å². The second-order valence-electron chi connectivity index (χ2n) is 5.65. The first-order valence-corrected chi connectivity index (χ1v) is 8.44. The molecule has 7 nitrogen and oxygen atoms in total. The van der Waals surface area contributed by atoms with Crippen LogP contribution in [0.15, 0.2) is 41.7 Å². The minimum absolute atomic E-state index is 0. The summed E-state index contributed by atoms with van der Waals surface area (Å²) in [6.45, 7) is 3.60. The predicted octanol–water partition coefficient (Wildman–Crippen LogP) is 2.39. The van der Waals surface area contributed by atoms with Crippen LogP contribution >= 0.6 is 35.6 Å². The zero-order valence-electron chi connectivity index (χ0n) is 14.5. The Kier molecular flexibility index (Phi) is 7.70. The van der Waals surface area contributed by atoms with Crippen LogP contribution < -0.4 is 15.4 Å². The smallest absolute Gasteiger partial charge is 0.225 e. The van der Waals surface area contributed by atoms with Crippen molar-refractivity contribution in [3.63, 3.8) is 0 Å². The number of aliphatic imine (C=N–C) groups is 1. The molecule has 1 saturated heterocycles.